The normalized spacial score (nSPS) is 22.3. The molecule has 0 radical (unpaired) electrons. The molecule has 1 amide bonds. The van der Waals surface area contributed by atoms with Crippen molar-refractivity contribution in [2.45, 2.75) is 38.6 Å². The molecule has 1 aromatic carbocycles. The number of piperidine rings is 1. The van der Waals surface area contributed by atoms with Crippen LogP contribution in [0.2, 0.25) is 0 Å². The Kier molecular flexibility index (Phi) is 6.43. The summed E-state index contributed by atoms with van der Waals surface area (Å²) in [6.07, 6.45) is 1.54. The number of anilines is 1. The molecule has 2 fully saturated rings. The summed E-state index contributed by atoms with van der Waals surface area (Å²) in [5.74, 6) is -0.794. The minimum Gasteiger partial charge on any atom is -0.505 e. The molecule has 10 nitrogen and oxygen atoms in total. The lowest BCUT2D eigenvalue weighted by atomic mass is 9.88. The fraction of sp³-hybridized carbons (Fsp3) is 0.545. The van der Waals surface area contributed by atoms with Crippen LogP contribution in [-0.4, -0.2) is 93.6 Å². The Morgan fingerprint density at radius 2 is 1.97 bits per heavy atom. The maximum absolute atomic E-state index is 12.8. The summed E-state index contributed by atoms with van der Waals surface area (Å²) in [4.78, 5) is 27.8. The molecule has 0 aromatic heterocycles. The number of phenols is 1. The number of aromatic hydroxyl groups is 1. The van der Waals surface area contributed by atoms with E-state index in [2.05, 4.69) is 27.5 Å². The van der Waals surface area contributed by atoms with Crippen LogP contribution in [0.4, 0.5) is 5.69 Å². The van der Waals surface area contributed by atoms with E-state index in [4.69, 9.17) is 5.11 Å². The first-order valence-electron chi connectivity index (χ1n) is 11.1. The molecule has 3 aliphatic rings. The van der Waals surface area contributed by atoms with Gasteiger partial charge in [-0.15, -0.1) is 0 Å². The Labute approximate surface area is 187 Å². The van der Waals surface area contributed by atoms with Crippen molar-refractivity contribution in [2.75, 3.05) is 44.7 Å². The van der Waals surface area contributed by atoms with E-state index < -0.39 is 5.97 Å². The van der Waals surface area contributed by atoms with E-state index in [9.17, 15) is 14.7 Å². The van der Waals surface area contributed by atoms with E-state index in [1.807, 2.05) is 17.0 Å². The van der Waals surface area contributed by atoms with Crippen LogP contribution in [0.5, 0.6) is 5.75 Å². The number of phenolic OH excluding ortho intramolecular Hbond substituents is 1. The molecular weight excluding hydrogens is 412 g/mol. The highest BCUT2D eigenvalue weighted by Crippen LogP contribution is 2.38. The first-order chi connectivity index (χ1) is 15.4. The number of carboxylic acid groups (broad SMARTS) is 1. The lowest BCUT2D eigenvalue weighted by molar-refractivity contribution is -0.138. The average molecular weight is 443 g/mol. The highest BCUT2D eigenvalue weighted by Gasteiger charge is 2.40. The van der Waals surface area contributed by atoms with Crippen molar-refractivity contribution in [1.29, 1.82) is 0 Å². The summed E-state index contributed by atoms with van der Waals surface area (Å²) < 4.78 is 0. The van der Waals surface area contributed by atoms with Gasteiger partial charge in [-0.3, -0.25) is 24.8 Å². The number of amides is 1. The van der Waals surface area contributed by atoms with Gasteiger partial charge in [0.2, 0.25) is 0 Å². The quantitative estimate of drug-likeness (QED) is 0.430. The van der Waals surface area contributed by atoms with Crippen LogP contribution in [-0.2, 0) is 9.59 Å². The number of carbonyl (C=O) groups is 2. The number of aliphatic carboxylic acids is 1. The minimum atomic E-state index is -0.824. The van der Waals surface area contributed by atoms with Crippen LogP contribution in [0.25, 0.3) is 0 Å². The molecular formula is C22H30N6O4. The van der Waals surface area contributed by atoms with Gasteiger partial charge in [0.25, 0.3) is 5.91 Å². The molecule has 10 heteroatoms. The predicted octanol–water partition coefficient (Wildman–Crippen LogP) is 1.35. The SMILES string of the molecule is CCN1CC(N2N=C(C)C(=NNc3cccc(C4CCN(CC(=O)O)CC4)c3O)C2=O)C1. The summed E-state index contributed by atoms with van der Waals surface area (Å²) in [5, 5.41) is 30.0. The van der Waals surface area contributed by atoms with E-state index in [1.54, 1.807) is 13.0 Å². The molecule has 1 aromatic rings. The van der Waals surface area contributed by atoms with Crippen LogP contribution >= 0.6 is 0 Å². The second kappa shape index (κ2) is 9.25. The Balaban J connectivity index is 1.41. The third kappa shape index (κ3) is 4.46. The largest absolute Gasteiger partial charge is 0.505 e. The van der Waals surface area contributed by atoms with Gasteiger partial charge < -0.3 is 10.2 Å². The number of rotatable bonds is 7. The number of carboxylic acids is 1. The van der Waals surface area contributed by atoms with Crippen molar-refractivity contribution in [2.24, 2.45) is 10.2 Å². The number of para-hydroxylation sites is 1. The molecule has 0 bridgehead atoms. The highest BCUT2D eigenvalue weighted by atomic mass is 16.4. The number of nitrogens with one attached hydrogen (secondary N) is 1. The van der Waals surface area contributed by atoms with Crippen LogP contribution in [0, 0.1) is 0 Å². The average Bonchev–Trinajstić information content (AvgIpc) is 3.00. The molecule has 4 rings (SSSR count). The zero-order valence-electron chi connectivity index (χ0n) is 18.5. The summed E-state index contributed by atoms with van der Waals surface area (Å²) in [5.41, 5.74) is 4.91. The summed E-state index contributed by atoms with van der Waals surface area (Å²) in [6, 6.07) is 5.53. The maximum atomic E-state index is 12.8. The van der Waals surface area contributed by atoms with E-state index in [-0.39, 0.29) is 35.9 Å². The monoisotopic (exact) mass is 442 g/mol. The number of hydrazone groups is 2. The van der Waals surface area contributed by atoms with E-state index >= 15 is 0 Å². The highest BCUT2D eigenvalue weighted by molar-refractivity contribution is 6.68. The van der Waals surface area contributed by atoms with Crippen molar-refractivity contribution in [1.82, 2.24) is 14.8 Å². The maximum Gasteiger partial charge on any atom is 0.317 e. The number of hydrogen-bond acceptors (Lipinski definition) is 8. The fourth-order valence-electron chi connectivity index (χ4n) is 4.54. The summed E-state index contributed by atoms with van der Waals surface area (Å²) >= 11 is 0. The molecule has 3 aliphatic heterocycles. The molecule has 0 atom stereocenters. The van der Waals surface area contributed by atoms with Gasteiger partial charge in [0.05, 0.1) is 24.0 Å². The zero-order chi connectivity index (χ0) is 22.8. The molecule has 172 valence electrons. The number of nitrogens with zero attached hydrogens (tertiary/aromatic N) is 5. The number of likely N-dealkylation sites (tertiary alicyclic amines) is 2. The first kappa shape index (κ1) is 22.2. The van der Waals surface area contributed by atoms with Crippen LogP contribution in [0.15, 0.2) is 28.4 Å². The van der Waals surface area contributed by atoms with Gasteiger partial charge in [-0.2, -0.15) is 10.2 Å². The van der Waals surface area contributed by atoms with Crippen LogP contribution in [0.3, 0.4) is 0 Å². The van der Waals surface area contributed by atoms with Crippen molar-refractivity contribution in [3.8, 4) is 5.75 Å². The number of carbonyl (C=O) groups excluding carboxylic acids is 1. The lowest BCUT2D eigenvalue weighted by Gasteiger charge is -2.41. The smallest absolute Gasteiger partial charge is 0.317 e. The Morgan fingerprint density at radius 1 is 1.25 bits per heavy atom. The molecule has 0 aliphatic carbocycles. The van der Waals surface area contributed by atoms with Crippen LogP contribution in [0.1, 0.15) is 38.2 Å². The molecule has 3 heterocycles. The topological polar surface area (TPSA) is 121 Å². The van der Waals surface area contributed by atoms with Gasteiger partial charge in [-0.1, -0.05) is 19.1 Å². The van der Waals surface area contributed by atoms with E-state index in [0.29, 0.717) is 24.5 Å². The molecule has 32 heavy (non-hydrogen) atoms. The van der Waals surface area contributed by atoms with Gasteiger partial charge in [0.1, 0.15) is 5.75 Å². The third-order valence-electron chi connectivity index (χ3n) is 6.48. The second-order valence-corrected chi connectivity index (χ2v) is 8.60. The summed E-state index contributed by atoms with van der Waals surface area (Å²) in [7, 11) is 0. The van der Waals surface area contributed by atoms with Gasteiger partial charge >= 0.3 is 5.97 Å². The molecule has 0 unspecified atom stereocenters. The third-order valence-corrected chi connectivity index (χ3v) is 6.48. The van der Waals surface area contributed by atoms with Gasteiger partial charge in [-0.05, 0) is 56.9 Å². The van der Waals surface area contributed by atoms with Gasteiger partial charge in [0, 0.05) is 13.1 Å². The lowest BCUT2D eigenvalue weighted by Crippen LogP contribution is -2.58. The minimum absolute atomic E-state index is 0.0427. The van der Waals surface area contributed by atoms with Crippen molar-refractivity contribution in [3.05, 3.63) is 23.8 Å². The molecule has 2 saturated heterocycles. The van der Waals surface area contributed by atoms with Crippen LogP contribution < -0.4 is 5.43 Å². The Morgan fingerprint density at radius 3 is 2.62 bits per heavy atom. The Hall–Kier alpha value is -2.98. The van der Waals surface area contributed by atoms with Crippen molar-refractivity contribution in [3.63, 3.8) is 0 Å². The molecule has 3 N–H and O–H groups in total. The standard InChI is InChI=1S/C22H30N6O4/c1-3-26-11-16(12-26)28-22(32)20(14(2)25-28)24-23-18-6-4-5-17(21(18)31)15-7-9-27(10-8-15)13-19(29)30/h4-6,15-16,23,31H,3,7-13H2,1-2H3,(H,29,30). The van der Waals surface area contributed by atoms with Crippen molar-refractivity contribution >= 4 is 29.0 Å². The van der Waals surface area contributed by atoms with E-state index in [0.717, 1.165) is 38.0 Å². The number of likely N-dealkylation sites (N-methyl/N-ethyl adjacent to an activating group) is 1. The summed E-state index contributed by atoms with van der Waals surface area (Å²) in [6.45, 7) is 7.82. The van der Waals surface area contributed by atoms with Gasteiger partial charge in [0.15, 0.2) is 5.71 Å². The predicted molar refractivity (Wildman–Crippen MR) is 121 cm³/mol. The van der Waals surface area contributed by atoms with Crippen molar-refractivity contribution < 1.29 is 19.8 Å². The number of hydrogen-bond donors (Lipinski definition) is 3. The van der Waals surface area contributed by atoms with E-state index in [1.165, 1.54) is 5.01 Å². The fourth-order valence-corrected chi connectivity index (χ4v) is 4.54. The first-order valence-corrected chi connectivity index (χ1v) is 11.1. The molecule has 0 saturated carbocycles. The zero-order valence-corrected chi connectivity index (χ0v) is 18.5. The second-order valence-electron chi connectivity index (χ2n) is 8.60. The number of benzene rings is 1. The molecule has 0 spiro atoms. The van der Waals surface area contributed by atoms with Gasteiger partial charge in [-0.25, -0.2) is 5.01 Å². The Bertz CT molecular complexity index is 948.